The summed E-state index contributed by atoms with van der Waals surface area (Å²) in [5.74, 6) is 0. The fourth-order valence-electron chi connectivity index (χ4n) is 1.15. The summed E-state index contributed by atoms with van der Waals surface area (Å²) >= 11 is -0.472. The topological polar surface area (TPSA) is 67.8 Å². The number of halogens is 2. The molecule has 0 saturated heterocycles. The van der Waals surface area contributed by atoms with Crippen LogP contribution in [-0.4, -0.2) is 23.3 Å². The quantitative estimate of drug-likeness (QED) is 0.675. The molecule has 0 radical (unpaired) electrons. The zero-order valence-electron chi connectivity index (χ0n) is 6.37. The van der Waals surface area contributed by atoms with E-state index in [4.69, 9.17) is 35.4 Å². The van der Waals surface area contributed by atoms with Crippen LogP contribution in [0.15, 0.2) is 0 Å². The summed E-state index contributed by atoms with van der Waals surface area (Å²) in [6.45, 7) is 0. The Balaban J connectivity index is 0.000000354. The molecule has 0 bridgehead atoms. The maximum absolute atomic E-state index is 8.99. The molecule has 0 aliphatic heterocycles. The van der Waals surface area contributed by atoms with Crippen molar-refractivity contribution in [3.8, 4) is 0 Å². The van der Waals surface area contributed by atoms with Crippen LogP contribution in [0.25, 0.3) is 11.5 Å². The second kappa shape index (κ2) is 7.54. The van der Waals surface area contributed by atoms with Crippen LogP contribution in [0.1, 0.15) is 19.3 Å². The number of nitrogens with one attached hydrogen (secondary N) is 2. The standard InChI is InChI=1S/C6H12N2O.2ClH.Pt/c7-5-2-1-4(9)3-6(5)8;;;/h4-9H,1-3H2;2*1H;/q-2;;;+4/p-2. The summed E-state index contributed by atoms with van der Waals surface area (Å²) in [6, 6.07) is -0.609. The van der Waals surface area contributed by atoms with Crippen molar-refractivity contribution in [2.45, 2.75) is 37.5 Å². The average Bonchev–Trinajstić information content (AvgIpc) is 1.99. The van der Waals surface area contributed by atoms with E-state index >= 15 is 0 Å². The van der Waals surface area contributed by atoms with E-state index in [-0.39, 0.29) is 18.2 Å². The summed E-state index contributed by atoms with van der Waals surface area (Å²) in [5.41, 5.74) is 14.5. The van der Waals surface area contributed by atoms with E-state index in [1.807, 2.05) is 0 Å². The second-order valence-corrected chi connectivity index (χ2v) is 6.01. The van der Waals surface area contributed by atoms with Gasteiger partial charge in [-0.2, -0.15) is 12.1 Å². The molecule has 0 spiro atoms. The molecule has 1 rings (SSSR count). The smallest absolute Gasteiger partial charge is 0.0525 e. The van der Waals surface area contributed by atoms with Crippen LogP contribution in [0.4, 0.5) is 0 Å². The average molecular weight is 394 g/mol. The Hall–Kier alpha value is 1.15. The van der Waals surface area contributed by atoms with Gasteiger partial charge in [0.15, 0.2) is 0 Å². The number of hydrogen-bond donors (Lipinski definition) is 1. The molecule has 0 aromatic heterocycles. The minimum atomic E-state index is -0.472. The molecule has 1 aliphatic carbocycles. The normalized spacial score (nSPS) is 35.6. The van der Waals surface area contributed by atoms with Gasteiger partial charge in [-0.15, -0.1) is 0 Å². The van der Waals surface area contributed by atoms with E-state index in [2.05, 4.69) is 0 Å². The van der Waals surface area contributed by atoms with Gasteiger partial charge in [-0.25, -0.2) is 0 Å². The first-order chi connectivity index (χ1) is 5.61. The first-order valence-corrected chi connectivity index (χ1v) is 9.17. The zero-order chi connectivity index (χ0) is 9.56. The van der Waals surface area contributed by atoms with Crippen molar-refractivity contribution in [3.63, 3.8) is 0 Å². The molecule has 0 heterocycles. The van der Waals surface area contributed by atoms with Crippen LogP contribution in [0, 0.1) is 0 Å². The third kappa shape index (κ3) is 5.74. The van der Waals surface area contributed by atoms with E-state index in [1.165, 1.54) is 0 Å². The van der Waals surface area contributed by atoms with E-state index in [0.717, 1.165) is 0 Å². The molecule has 1 fully saturated rings. The third-order valence-corrected chi connectivity index (χ3v) is 1.82. The predicted molar refractivity (Wildman–Crippen MR) is 47.8 cm³/mol. The molecule has 76 valence electrons. The minimum absolute atomic E-state index is 0.256. The van der Waals surface area contributed by atoms with Crippen molar-refractivity contribution in [1.82, 2.24) is 0 Å². The first kappa shape index (κ1) is 13.1. The van der Waals surface area contributed by atoms with Crippen molar-refractivity contribution in [2.24, 2.45) is 0 Å². The fraction of sp³-hybridized carbons (Fsp3) is 1.00. The van der Waals surface area contributed by atoms with Gasteiger partial charge in [-0.3, -0.25) is 0 Å². The molecule has 0 amide bonds. The SMILES string of the molecule is [Cl][Pt+2][Cl].[NH-]C1CCC(O)CC1[NH-]. The van der Waals surface area contributed by atoms with E-state index in [1.54, 1.807) is 0 Å². The molecule has 6 heteroatoms. The van der Waals surface area contributed by atoms with E-state index < -0.39 is 16.5 Å². The molecular weight excluding hydrogens is 382 g/mol. The summed E-state index contributed by atoms with van der Waals surface area (Å²) in [4.78, 5) is 0. The molecular formula is C6H12Cl2N2OPt. The van der Waals surface area contributed by atoms with Crippen LogP contribution >= 0.6 is 18.8 Å². The maximum Gasteiger partial charge on any atom is 0.0525 e. The first-order valence-electron chi connectivity index (χ1n) is 3.54. The van der Waals surface area contributed by atoms with Crippen LogP contribution < -0.4 is 0 Å². The zero-order valence-corrected chi connectivity index (χ0v) is 10.2. The molecule has 3 nitrogen and oxygen atoms in total. The van der Waals surface area contributed by atoms with Gasteiger partial charge in [0.25, 0.3) is 0 Å². The molecule has 1 aliphatic rings. The van der Waals surface area contributed by atoms with Crippen LogP contribution in [-0.2, 0) is 16.5 Å². The molecule has 12 heavy (non-hydrogen) atoms. The van der Waals surface area contributed by atoms with E-state index in [9.17, 15) is 0 Å². The van der Waals surface area contributed by atoms with Gasteiger partial charge < -0.3 is 16.6 Å². The van der Waals surface area contributed by atoms with Gasteiger partial charge >= 0.3 is 35.3 Å². The van der Waals surface area contributed by atoms with Crippen LogP contribution in [0.2, 0.25) is 0 Å². The van der Waals surface area contributed by atoms with Crippen molar-refractivity contribution < 1.29 is 21.6 Å². The molecule has 0 aromatic rings. The number of hydrogen-bond acceptors (Lipinski definition) is 1. The van der Waals surface area contributed by atoms with Gasteiger partial charge in [0, 0.05) is 0 Å². The Morgan fingerprint density at radius 1 is 1.17 bits per heavy atom. The second-order valence-electron chi connectivity index (χ2n) is 2.73. The van der Waals surface area contributed by atoms with E-state index in [0.29, 0.717) is 19.3 Å². The fourth-order valence-corrected chi connectivity index (χ4v) is 1.15. The maximum atomic E-state index is 8.99. The molecule has 3 unspecified atom stereocenters. The Kier molecular flexibility index (Phi) is 8.26. The summed E-state index contributed by atoms with van der Waals surface area (Å²) < 4.78 is 0. The van der Waals surface area contributed by atoms with Gasteiger partial charge in [-0.05, 0) is 12.8 Å². The van der Waals surface area contributed by atoms with Gasteiger partial charge in [0.05, 0.1) is 6.10 Å². The van der Waals surface area contributed by atoms with Crippen LogP contribution in [0.5, 0.6) is 0 Å². The monoisotopic (exact) mass is 393 g/mol. The van der Waals surface area contributed by atoms with Crippen molar-refractivity contribution in [1.29, 1.82) is 0 Å². The molecule has 0 aromatic carbocycles. The Bertz CT molecular complexity index is 120. The Labute approximate surface area is 89.2 Å². The third-order valence-electron chi connectivity index (χ3n) is 1.82. The summed E-state index contributed by atoms with van der Waals surface area (Å²) in [7, 11) is 9.75. The summed E-state index contributed by atoms with van der Waals surface area (Å²) in [6.07, 6.45) is 1.58. The predicted octanol–water partition coefficient (Wildman–Crippen LogP) is 2.75. The minimum Gasteiger partial charge on any atom is -0.676 e. The molecule has 3 atom stereocenters. The number of aliphatic hydroxyl groups excluding tert-OH is 1. The van der Waals surface area contributed by atoms with Gasteiger partial charge in [0.1, 0.15) is 0 Å². The largest absolute Gasteiger partial charge is 0.676 e. The van der Waals surface area contributed by atoms with Crippen LogP contribution in [0.3, 0.4) is 0 Å². The number of aliphatic hydroxyl groups is 1. The van der Waals surface area contributed by atoms with Crippen molar-refractivity contribution >= 4 is 18.8 Å². The molecule has 3 N–H and O–H groups in total. The van der Waals surface area contributed by atoms with Gasteiger partial charge in [-0.1, -0.05) is 6.42 Å². The van der Waals surface area contributed by atoms with Crippen molar-refractivity contribution in [3.05, 3.63) is 11.5 Å². The van der Waals surface area contributed by atoms with Crippen molar-refractivity contribution in [2.75, 3.05) is 0 Å². The van der Waals surface area contributed by atoms with Gasteiger partial charge in [0.2, 0.25) is 0 Å². The Morgan fingerprint density at radius 2 is 1.67 bits per heavy atom. The Morgan fingerprint density at radius 3 is 2.00 bits per heavy atom. The summed E-state index contributed by atoms with van der Waals surface area (Å²) in [5, 5.41) is 8.99. The molecule has 1 saturated carbocycles. The number of rotatable bonds is 0.